The standard InChI is InChI=1S/C15H19N5O/c1-11-13(3-2-6-17-11)19-15(21)12-4-5-14(18-9-12)20-8-7-16-10-20/h4-5,7-11,13,17H,2-3,6H2,1H3,(H,19,21). The molecule has 1 saturated heterocycles. The molecule has 2 unspecified atom stereocenters. The fourth-order valence-corrected chi connectivity index (χ4v) is 2.56. The van der Waals surface area contributed by atoms with E-state index < -0.39 is 0 Å². The van der Waals surface area contributed by atoms with Crippen LogP contribution in [0.25, 0.3) is 5.82 Å². The van der Waals surface area contributed by atoms with Crippen molar-refractivity contribution >= 4 is 5.91 Å². The Morgan fingerprint density at radius 3 is 3.05 bits per heavy atom. The third-order valence-electron chi connectivity index (χ3n) is 3.86. The first kappa shape index (κ1) is 13.8. The summed E-state index contributed by atoms with van der Waals surface area (Å²) >= 11 is 0. The molecule has 0 aromatic carbocycles. The van der Waals surface area contributed by atoms with Gasteiger partial charge in [-0.15, -0.1) is 0 Å². The number of aromatic nitrogens is 3. The number of pyridine rings is 1. The normalized spacial score (nSPS) is 22.0. The second-order valence-corrected chi connectivity index (χ2v) is 5.34. The van der Waals surface area contributed by atoms with Crippen LogP contribution in [0, 0.1) is 0 Å². The van der Waals surface area contributed by atoms with Crippen molar-refractivity contribution in [2.75, 3.05) is 6.54 Å². The number of nitrogens with zero attached hydrogens (tertiary/aromatic N) is 3. The molecule has 1 aliphatic rings. The maximum atomic E-state index is 12.3. The number of carbonyl (C=O) groups excluding carboxylic acids is 1. The molecule has 6 heteroatoms. The zero-order valence-electron chi connectivity index (χ0n) is 12.0. The van der Waals surface area contributed by atoms with E-state index in [-0.39, 0.29) is 11.9 Å². The van der Waals surface area contributed by atoms with Gasteiger partial charge in [0, 0.05) is 30.7 Å². The van der Waals surface area contributed by atoms with Crippen molar-refractivity contribution in [2.24, 2.45) is 0 Å². The summed E-state index contributed by atoms with van der Waals surface area (Å²) in [6.45, 7) is 3.12. The van der Waals surface area contributed by atoms with Crippen LogP contribution in [0.15, 0.2) is 37.1 Å². The number of carbonyl (C=O) groups is 1. The van der Waals surface area contributed by atoms with Crippen LogP contribution in [-0.4, -0.2) is 39.1 Å². The van der Waals surface area contributed by atoms with Gasteiger partial charge < -0.3 is 10.6 Å². The van der Waals surface area contributed by atoms with E-state index >= 15 is 0 Å². The fourth-order valence-electron chi connectivity index (χ4n) is 2.56. The lowest BCUT2D eigenvalue weighted by Gasteiger charge is -2.30. The number of amides is 1. The summed E-state index contributed by atoms with van der Waals surface area (Å²) in [5.74, 6) is 0.678. The van der Waals surface area contributed by atoms with Crippen molar-refractivity contribution in [1.29, 1.82) is 0 Å². The molecule has 1 amide bonds. The lowest BCUT2D eigenvalue weighted by atomic mass is 9.99. The zero-order chi connectivity index (χ0) is 14.7. The Kier molecular flexibility index (Phi) is 3.96. The molecule has 110 valence electrons. The Balaban J connectivity index is 1.67. The molecule has 1 fully saturated rings. The summed E-state index contributed by atoms with van der Waals surface area (Å²) in [4.78, 5) is 20.5. The zero-order valence-corrected chi connectivity index (χ0v) is 12.0. The first-order valence-electron chi connectivity index (χ1n) is 7.22. The minimum Gasteiger partial charge on any atom is -0.348 e. The predicted molar refractivity (Wildman–Crippen MR) is 79.3 cm³/mol. The monoisotopic (exact) mass is 285 g/mol. The van der Waals surface area contributed by atoms with Crippen LogP contribution < -0.4 is 10.6 Å². The Bertz CT molecular complexity index is 593. The smallest absolute Gasteiger partial charge is 0.253 e. The summed E-state index contributed by atoms with van der Waals surface area (Å²) in [7, 11) is 0. The third kappa shape index (κ3) is 3.11. The molecule has 0 bridgehead atoms. The highest BCUT2D eigenvalue weighted by Gasteiger charge is 2.22. The molecule has 3 rings (SSSR count). The number of piperidine rings is 1. The van der Waals surface area contributed by atoms with E-state index in [1.165, 1.54) is 0 Å². The Hall–Kier alpha value is -2.21. The molecular weight excluding hydrogens is 266 g/mol. The van der Waals surface area contributed by atoms with E-state index in [1.54, 1.807) is 29.4 Å². The van der Waals surface area contributed by atoms with Crippen LogP contribution in [0.3, 0.4) is 0 Å². The third-order valence-corrected chi connectivity index (χ3v) is 3.86. The van der Waals surface area contributed by atoms with Crippen LogP contribution in [0.4, 0.5) is 0 Å². The first-order valence-corrected chi connectivity index (χ1v) is 7.22. The molecule has 6 nitrogen and oxygen atoms in total. The second-order valence-electron chi connectivity index (χ2n) is 5.34. The van der Waals surface area contributed by atoms with Gasteiger partial charge in [0.25, 0.3) is 5.91 Å². The summed E-state index contributed by atoms with van der Waals surface area (Å²) in [5, 5.41) is 6.45. The average molecular weight is 285 g/mol. The molecule has 21 heavy (non-hydrogen) atoms. The molecule has 2 aromatic heterocycles. The van der Waals surface area contributed by atoms with Crippen molar-refractivity contribution in [3.05, 3.63) is 42.6 Å². The molecule has 2 aromatic rings. The lowest BCUT2D eigenvalue weighted by Crippen LogP contribution is -2.51. The summed E-state index contributed by atoms with van der Waals surface area (Å²) in [5.41, 5.74) is 0.580. The summed E-state index contributed by atoms with van der Waals surface area (Å²) < 4.78 is 1.80. The predicted octanol–water partition coefficient (Wildman–Crippen LogP) is 1.14. The fraction of sp³-hybridized carbons (Fsp3) is 0.400. The molecule has 0 aliphatic carbocycles. The quantitative estimate of drug-likeness (QED) is 0.887. The molecule has 1 aliphatic heterocycles. The van der Waals surface area contributed by atoms with Gasteiger partial charge in [0.2, 0.25) is 0 Å². The van der Waals surface area contributed by atoms with Gasteiger partial charge in [0.15, 0.2) is 0 Å². The molecule has 3 heterocycles. The number of hydrogen-bond acceptors (Lipinski definition) is 4. The topological polar surface area (TPSA) is 71.8 Å². The van der Waals surface area contributed by atoms with Crippen LogP contribution in [-0.2, 0) is 0 Å². The van der Waals surface area contributed by atoms with Crippen LogP contribution >= 0.6 is 0 Å². The van der Waals surface area contributed by atoms with Crippen molar-refractivity contribution in [2.45, 2.75) is 31.8 Å². The van der Waals surface area contributed by atoms with E-state index in [4.69, 9.17) is 0 Å². The maximum Gasteiger partial charge on any atom is 0.253 e. The van der Waals surface area contributed by atoms with Crippen molar-refractivity contribution in [3.63, 3.8) is 0 Å². The average Bonchev–Trinajstić information content (AvgIpc) is 3.04. The van der Waals surface area contributed by atoms with Crippen molar-refractivity contribution in [3.8, 4) is 5.82 Å². The molecular formula is C15H19N5O. The molecule has 0 radical (unpaired) electrons. The summed E-state index contributed by atoms with van der Waals surface area (Å²) in [6, 6.07) is 4.10. The van der Waals surface area contributed by atoms with Gasteiger partial charge in [0.1, 0.15) is 12.1 Å². The maximum absolute atomic E-state index is 12.3. The Labute approximate surface area is 123 Å². The van der Waals surface area contributed by atoms with Crippen molar-refractivity contribution in [1.82, 2.24) is 25.2 Å². The van der Waals surface area contributed by atoms with Gasteiger partial charge in [-0.3, -0.25) is 9.36 Å². The van der Waals surface area contributed by atoms with E-state index in [1.807, 2.05) is 12.3 Å². The first-order chi connectivity index (χ1) is 10.2. The van der Waals surface area contributed by atoms with Gasteiger partial charge in [-0.1, -0.05) is 0 Å². The van der Waals surface area contributed by atoms with Crippen LogP contribution in [0.1, 0.15) is 30.1 Å². The van der Waals surface area contributed by atoms with E-state index in [0.717, 1.165) is 25.2 Å². The van der Waals surface area contributed by atoms with E-state index in [2.05, 4.69) is 27.5 Å². The Morgan fingerprint density at radius 2 is 2.38 bits per heavy atom. The van der Waals surface area contributed by atoms with Crippen molar-refractivity contribution < 1.29 is 4.79 Å². The van der Waals surface area contributed by atoms with Gasteiger partial charge in [-0.05, 0) is 38.4 Å². The molecule has 2 atom stereocenters. The largest absolute Gasteiger partial charge is 0.348 e. The van der Waals surface area contributed by atoms with Crippen LogP contribution in [0.5, 0.6) is 0 Å². The second kappa shape index (κ2) is 6.05. The van der Waals surface area contributed by atoms with E-state index in [9.17, 15) is 4.79 Å². The number of hydrogen-bond donors (Lipinski definition) is 2. The van der Waals surface area contributed by atoms with Gasteiger partial charge in [0.05, 0.1) is 5.56 Å². The summed E-state index contributed by atoms with van der Waals surface area (Å²) in [6.07, 6.45) is 8.90. The highest BCUT2D eigenvalue weighted by atomic mass is 16.1. The number of nitrogens with one attached hydrogen (secondary N) is 2. The lowest BCUT2D eigenvalue weighted by molar-refractivity contribution is 0.0919. The Morgan fingerprint density at radius 1 is 1.48 bits per heavy atom. The van der Waals surface area contributed by atoms with Crippen LogP contribution in [0.2, 0.25) is 0 Å². The number of rotatable bonds is 3. The SMILES string of the molecule is CC1NCCCC1NC(=O)c1ccc(-n2ccnc2)nc1. The molecule has 2 N–H and O–H groups in total. The van der Waals surface area contributed by atoms with Gasteiger partial charge in [-0.2, -0.15) is 0 Å². The molecule has 0 spiro atoms. The van der Waals surface area contributed by atoms with E-state index in [0.29, 0.717) is 11.6 Å². The molecule has 0 saturated carbocycles. The van der Waals surface area contributed by atoms with Gasteiger partial charge in [-0.25, -0.2) is 9.97 Å². The number of imidazole rings is 1. The minimum atomic E-state index is -0.0692. The highest BCUT2D eigenvalue weighted by molar-refractivity contribution is 5.94. The van der Waals surface area contributed by atoms with Gasteiger partial charge >= 0.3 is 0 Å². The highest BCUT2D eigenvalue weighted by Crippen LogP contribution is 2.10. The minimum absolute atomic E-state index is 0.0692.